The van der Waals surface area contributed by atoms with E-state index in [-0.39, 0.29) is 4.47 Å². The fourth-order valence-electron chi connectivity index (χ4n) is 2.01. The molecule has 1 aromatic rings. The van der Waals surface area contributed by atoms with E-state index in [0.29, 0.717) is 19.2 Å². The van der Waals surface area contributed by atoms with Gasteiger partial charge in [0.2, 0.25) is 10.0 Å². The van der Waals surface area contributed by atoms with Gasteiger partial charge in [0, 0.05) is 23.6 Å². The summed E-state index contributed by atoms with van der Waals surface area (Å²) >= 11 is 2.91. The van der Waals surface area contributed by atoms with Crippen molar-refractivity contribution in [1.29, 1.82) is 0 Å². The first-order valence-corrected chi connectivity index (χ1v) is 7.81. The van der Waals surface area contributed by atoms with Gasteiger partial charge in [-0.25, -0.2) is 17.2 Å². The van der Waals surface area contributed by atoms with E-state index in [4.69, 9.17) is 0 Å². The molecule has 0 bridgehead atoms. The molecule has 0 aliphatic carbocycles. The van der Waals surface area contributed by atoms with E-state index in [2.05, 4.69) is 15.9 Å². The molecule has 1 fully saturated rings. The number of hydrogen-bond donors (Lipinski definition) is 0. The number of rotatable bonds is 2. The Hall–Kier alpha value is -0.530. The average molecular weight is 340 g/mol. The third-order valence-electron chi connectivity index (χ3n) is 2.88. The molecule has 0 amide bonds. The van der Waals surface area contributed by atoms with Crippen LogP contribution in [-0.2, 0) is 10.0 Å². The molecule has 3 nitrogen and oxygen atoms in total. The van der Waals surface area contributed by atoms with Gasteiger partial charge >= 0.3 is 0 Å². The largest absolute Gasteiger partial charge is 0.247 e. The molecule has 0 radical (unpaired) electrons. The Balaban J connectivity index is 2.47. The van der Waals surface area contributed by atoms with Crippen LogP contribution in [-0.4, -0.2) is 25.8 Å². The summed E-state index contributed by atoms with van der Waals surface area (Å²) in [6.07, 6.45) is 2.50. The molecule has 100 valence electrons. The van der Waals surface area contributed by atoms with Crippen LogP contribution in [0.2, 0.25) is 0 Å². The molecule has 0 unspecified atom stereocenters. The summed E-state index contributed by atoms with van der Waals surface area (Å²) in [4.78, 5) is -0.481. The van der Waals surface area contributed by atoms with Gasteiger partial charge in [-0.2, -0.15) is 4.31 Å². The second-order valence-corrected chi connectivity index (χ2v) is 6.89. The maximum absolute atomic E-state index is 13.7. The molecule has 1 aliphatic rings. The molecule has 0 N–H and O–H groups in total. The Morgan fingerprint density at radius 1 is 1.11 bits per heavy atom. The van der Waals surface area contributed by atoms with Crippen molar-refractivity contribution in [3.63, 3.8) is 0 Å². The number of hydrogen-bond acceptors (Lipinski definition) is 2. The third-order valence-corrected chi connectivity index (χ3v) is 5.74. The van der Waals surface area contributed by atoms with Crippen LogP contribution in [0.4, 0.5) is 8.78 Å². The molecule has 0 saturated carbocycles. The first-order chi connectivity index (χ1) is 8.43. The van der Waals surface area contributed by atoms with Gasteiger partial charge in [-0.1, -0.05) is 6.42 Å². The standard InChI is InChI=1S/C11H12BrF2NO2S/c12-9-6-8(13)7-10(14)11(9)18(16,17)15-4-2-1-3-5-15/h6-7H,1-5H2. The quantitative estimate of drug-likeness (QED) is 0.830. The van der Waals surface area contributed by atoms with E-state index in [1.54, 1.807) is 0 Å². The SMILES string of the molecule is O=S(=O)(c1c(F)cc(F)cc1Br)N1CCCCC1. The van der Waals surface area contributed by atoms with Crippen molar-refractivity contribution < 1.29 is 17.2 Å². The highest BCUT2D eigenvalue weighted by molar-refractivity contribution is 9.10. The van der Waals surface area contributed by atoms with Crippen LogP contribution in [0.1, 0.15) is 19.3 Å². The number of nitrogens with zero attached hydrogens (tertiary/aromatic N) is 1. The molecule has 2 rings (SSSR count). The fourth-order valence-corrected chi connectivity index (χ4v) is 4.64. The Kier molecular flexibility index (Phi) is 4.03. The third kappa shape index (κ3) is 2.57. The van der Waals surface area contributed by atoms with Crippen LogP contribution >= 0.6 is 15.9 Å². The van der Waals surface area contributed by atoms with Gasteiger partial charge in [0.25, 0.3) is 0 Å². The van der Waals surface area contributed by atoms with E-state index in [1.165, 1.54) is 4.31 Å². The zero-order valence-electron chi connectivity index (χ0n) is 9.50. The van der Waals surface area contributed by atoms with Crippen molar-refractivity contribution >= 4 is 26.0 Å². The number of sulfonamides is 1. The second-order valence-electron chi connectivity index (χ2n) is 4.16. The van der Waals surface area contributed by atoms with Crippen LogP contribution in [0, 0.1) is 11.6 Å². The topological polar surface area (TPSA) is 37.4 Å². The smallest absolute Gasteiger partial charge is 0.207 e. The van der Waals surface area contributed by atoms with Gasteiger partial charge in [-0.15, -0.1) is 0 Å². The molecule has 0 aromatic heterocycles. The van der Waals surface area contributed by atoms with E-state index in [9.17, 15) is 17.2 Å². The molecular formula is C11H12BrF2NO2S. The van der Waals surface area contributed by atoms with Gasteiger partial charge < -0.3 is 0 Å². The first kappa shape index (κ1) is 13.9. The minimum atomic E-state index is -3.90. The van der Waals surface area contributed by atoms with Crippen LogP contribution in [0.3, 0.4) is 0 Å². The summed E-state index contributed by atoms with van der Waals surface area (Å²) in [7, 11) is -3.90. The maximum Gasteiger partial charge on any atom is 0.247 e. The summed E-state index contributed by atoms with van der Waals surface area (Å²) < 4.78 is 52.4. The van der Waals surface area contributed by atoms with Gasteiger partial charge in [-0.05, 0) is 34.8 Å². The predicted octanol–water partition coefficient (Wildman–Crippen LogP) is 2.90. The molecule has 18 heavy (non-hydrogen) atoms. The molecule has 1 heterocycles. The minimum absolute atomic E-state index is 0.0782. The van der Waals surface area contributed by atoms with Crippen molar-refractivity contribution in [2.75, 3.05) is 13.1 Å². The average Bonchev–Trinajstić information content (AvgIpc) is 2.28. The summed E-state index contributed by atoms with van der Waals surface area (Å²) in [6.45, 7) is 0.761. The highest BCUT2D eigenvalue weighted by Crippen LogP contribution is 2.30. The van der Waals surface area contributed by atoms with Crippen molar-refractivity contribution in [2.24, 2.45) is 0 Å². The predicted molar refractivity (Wildman–Crippen MR) is 66.7 cm³/mol. The van der Waals surface area contributed by atoms with Crippen LogP contribution in [0.15, 0.2) is 21.5 Å². The molecule has 1 aromatic carbocycles. The maximum atomic E-state index is 13.7. The van der Waals surface area contributed by atoms with Crippen LogP contribution in [0.25, 0.3) is 0 Å². The summed E-state index contributed by atoms with van der Waals surface area (Å²) in [6, 6.07) is 1.54. The molecule has 0 spiro atoms. The molecule has 1 saturated heterocycles. The molecule has 0 atom stereocenters. The van der Waals surface area contributed by atoms with Gasteiger partial charge in [0.1, 0.15) is 16.5 Å². The molecule has 1 aliphatic heterocycles. The lowest BCUT2D eigenvalue weighted by Gasteiger charge is -2.26. The van der Waals surface area contributed by atoms with Crippen molar-refractivity contribution in [3.8, 4) is 0 Å². The Labute approximate surface area is 113 Å². The van der Waals surface area contributed by atoms with E-state index in [1.807, 2.05) is 0 Å². The zero-order chi connectivity index (χ0) is 13.3. The van der Waals surface area contributed by atoms with E-state index >= 15 is 0 Å². The van der Waals surface area contributed by atoms with Crippen molar-refractivity contribution in [1.82, 2.24) is 4.31 Å². The highest BCUT2D eigenvalue weighted by Gasteiger charge is 2.31. The number of benzene rings is 1. The monoisotopic (exact) mass is 339 g/mol. The second kappa shape index (κ2) is 5.22. The lowest BCUT2D eigenvalue weighted by Crippen LogP contribution is -2.36. The number of piperidine rings is 1. The Morgan fingerprint density at radius 2 is 1.72 bits per heavy atom. The minimum Gasteiger partial charge on any atom is -0.207 e. The Bertz CT molecular complexity index is 533. The van der Waals surface area contributed by atoms with Crippen LogP contribution in [0.5, 0.6) is 0 Å². The zero-order valence-corrected chi connectivity index (χ0v) is 11.9. The summed E-state index contributed by atoms with van der Waals surface area (Å²) in [5.41, 5.74) is 0. The Morgan fingerprint density at radius 3 is 2.28 bits per heavy atom. The molecular weight excluding hydrogens is 328 g/mol. The lowest BCUT2D eigenvalue weighted by atomic mass is 10.2. The van der Waals surface area contributed by atoms with Gasteiger partial charge in [0.05, 0.1) is 0 Å². The van der Waals surface area contributed by atoms with Crippen LogP contribution < -0.4 is 0 Å². The first-order valence-electron chi connectivity index (χ1n) is 5.57. The van der Waals surface area contributed by atoms with E-state index < -0.39 is 26.6 Å². The van der Waals surface area contributed by atoms with Gasteiger partial charge in [0.15, 0.2) is 0 Å². The lowest BCUT2D eigenvalue weighted by molar-refractivity contribution is 0.344. The fraction of sp³-hybridized carbons (Fsp3) is 0.455. The molecule has 7 heteroatoms. The summed E-state index contributed by atoms with van der Waals surface area (Å²) in [5.74, 6) is -1.87. The van der Waals surface area contributed by atoms with Crippen molar-refractivity contribution in [3.05, 3.63) is 28.2 Å². The summed E-state index contributed by atoms with van der Waals surface area (Å²) in [5, 5.41) is 0. The number of halogens is 3. The van der Waals surface area contributed by atoms with E-state index in [0.717, 1.165) is 25.3 Å². The van der Waals surface area contributed by atoms with Crippen molar-refractivity contribution in [2.45, 2.75) is 24.2 Å². The normalized spacial score (nSPS) is 17.9. The highest BCUT2D eigenvalue weighted by atomic mass is 79.9. The van der Waals surface area contributed by atoms with Gasteiger partial charge in [-0.3, -0.25) is 0 Å².